The minimum atomic E-state index is -0.0781. The van der Waals surface area contributed by atoms with E-state index in [1.54, 1.807) is 0 Å². The van der Waals surface area contributed by atoms with Crippen LogP contribution in [-0.4, -0.2) is 34.7 Å². The predicted octanol–water partition coefficient (Wildman–Crippen LogP) is 7.24. The first kappa shape index (κ1) is 27.1. The number of amides is 1. The fourth-order valence-corrected chi connectivity index (χ4v) is 5.19. The molecule has 2 heterocycles. The van der Waals surface area contributed by atoms with Crippen molar-refractivity contribution in [3.05, 3.63) is 33.9 Å². The summed E-state index contributed by atoms with van der Waals surface area (Å²) < 4.78 is 9.04. The number of fused-ring (bicyclic) bond motifs is 3. The highest BCUT2D eigenvalue weighted by Crippen LogP contribution is 2.38. The molecule has 0 radical (unpaired) electrons. The number of nitrogens with one attached hydrogen (secondary N) is 1. The van der Waals surface area contributed by atoms with E-state index in [0.717, 1.165) is 65.2 Å². The molecule has 0 bridgehead atoms. The van der Waals surface area contributed by atoms with Gasteiger partial charge in [-0.25, -0.2) is 0 Å². The molecule has 188 valence electrons. The smallest absolute Gasteiger partial charge is 0.272 e. The second-order valence-corrected chi connectivity index (χ2v) is 10.8. The van der Waals surface area contributed by atoms with E-state index >= 15 is 0 Å². The molecular formula is C27H39BrClN3O2. The van der Waals surface area contributed by atoms with Crippen molar-refractivity contribution in [3.63, 3.8) is 0 Å². The largest absolute Gasteiger partial charge is 0.492 e. The normalized spacial score (nSPS) is 13.7. The van der Waals surface area contributed by atoms with E-state index in [0.29, 0.717) is 37.1 Å². The number of alkyl halides is 1. The summed E-state index contributed by atoms with van der Waals surface area (Å²) in [7, 11) is 0. The van der Waals surface area contributed by atoms with E-state index in [2.05, 4.69) is 48.1 Å². The van der Waals surface area contributed by atoms with E-state index in [9.17, 15) is 4.79 Å². The third kappa shape index (κ3) is 7.00. The monoisotopic (exact) mass is 551 g/mol. The number of nitrogens with zero attached hydrogens (tertiary/aromatic N) is 2. The van der Waals surface area contributed by atoms with Gasteiger partial charge in [-0.05, 0) is 49.3 Å². The minimum absolute atomic E-state index is 0.0781. The Balaban J connectivity index is 1.80. The van der Waals surface area contributed by atoms with Crippen LogP contribution in [0.2, 0.25) is 0 Å². The summed E-state index contributed by atoms with van der Waals surface area (Å²) >= 11 is 9.42. The van der Waals surface area contributed by atoms with Gasteiger partial charge in [0.1, 0.15) is 5.75 Å². The Kier molecular flexibility index (Phi) is 10.8. The molecular weight excluding hydrogens is 514 g/mol. The Bertz CT molecular complexity index is 942. The number of halogens is 2. The van der Waals surface area contributed by atoms with Gasteiger partial charge in [0.25, 0.3) is 5.91 Å². The summed E-state index contributed by atoms with van der Waals surface area (Å²) in [5.41, 5.74) is 3.54. The molecule has 1 aliphatic rings. The molecule has 0 aliphatic carbocycles. The first-order chi connectivity index (χ1) is 16.5. The zero-order chi connectivity index (χ0) is 24.5. The van der Waals surface area contributed by atoms with E-state index in [4.69, 9.17) is 21.4 Å². The van der Waals surface area contributed by atoms with Gasteiger partial charge >= 0.3 is 0 Å². The van der Waals surface area contributed by atoms with Crippen LogP contribution in [0.5, 0.6) is 5.75 Å². The summed E-state index contributed by atoms with van der Waals surface area (Å²) in [5, 5.41) is 8.01. The molecule has 0 spiro atoms. The third-order valence-corrected chi connectivity index (χ3v) is 7.67. The first-order valence-electron chi connectivity index (χ1n) is 12.8. The number of aromatic nitrogens is 2. The van der Waals surface area contributed by atoms with Crippen LogP contribution in [0.15, 0.2) is 22.7 Å². The quantitative estimate of drug-likeness (QED) is 0.210. The van der Waals surface area contributed by atoms with E-state index < -0.39 is 0 Å². The van der Waals surface area contributed by atoms with Crippen molar-refractivity contribution in [2.75, 3.05) is 19.0 Å². The number of hydrogen-bond donors (Lipinski definition) is 1. The number of ether oxygens (including phenoxy) is 1. The molecule has 2 aromatic rings. The first-order valence-corrected chi connectivity index (χ1v) is 14.2. The summed E-state index contributed by atoms with van der Waals surface area (Å²) in [4.78, 5) is 13.3. The number of carbonyl (C=O) groups excluding carboxylic acids is 1. The molecule has 1 N–H and O–H groups in total. The standard InChI is InChI=1S/C27H39BrClN3O2/c1-4-20(5-2)10-9-19(3)18-30-27(33)25-23-13-16-34-24-17-21(28)11-12-22(24)26(23)32(31-25)15-8-6-7-14-29/h11-12,17,19-20H,4-10,13-16,18H2,1-3H3,(H,30,33). The summed E-state index contributed by atoms with van der Waals surface area (Å²) in [6, 6.07) is 6.07. The van der Waals surface area contributed by atoms with Gasteiger partial charge in [0.05, 0.1) is 12.3 Å². The van der Waals surface area contributed by atoms with Gasteiger partial charge in [-0.15, -0.1) is 11.6 Å². The lowest BCUT2D eigenvalue weighted by molar-refractivity contribution is 0.0940. The maximum atomic E-state index is 13.3. The van der Waals surface area contributed by atoms with Crippen molar-refractivity contribution in [1.29, 1.82) is 0 Å². The van der Waals surface area contributed by atoms with Crippen molar-refractivity contribution < 1.29 is 9.53 Å². The Morgan fingerprint density at radius 2 is 2.03 bits per heavy atom. The molecule has 0 fully saturated rings. The zero-order valence-electron chi connectivity index (χ0n) is 20.8. The molecule has 7 heteroatoms. The van der Waals surface area contributed by atoms with Crippen LogP contribution in [0, 0.1) is 11.8 Å². The molecule has 1 unspecified atom stereocenters. The highest BCUT2D eigenvalue weighted by Gasteiger charge is 2.28. The number of hydrogen-bond acceptors (Lipinski definition) is 3. The van der Waals surface area contributed by atoms with Gasteiger partial charge in [-0.1, -0.05) is 62.4 Å². The SMILES string of the molecule is CCC(CC)CCC(C)CNC(=O)c1nn(CCCCCCl)c2c1CCOc1cc(Br)ccc1-2. The topological polar surface area (TPSA) is 56.2 Å². The average molecular weight is 553 g/mol. The fourth-order valence-electron chi connectivity index (χ4n) is 4.66. The van der Waals surface area contributed by atoms with Gasteiger partial charge in [-0.3, -0.25) is 9.48 Å². The van der Waals surface area contributed by atoms with Crippen molar-refractivity contribution >= 4 is 33.4 Å². The van der Waals surface area contributed by atoms with Crippen molar-refractivity contribution in [1.82, 2.24) is 15.1 Å². The van der Waals surface area contributed by atoms with Crippen LogP contribution in [0.1, 0.15) is 81.8 Å². The highest BCUT2D eigenvalue weighted by molar-refractivity contribution is 9.10. The van der Waals surface area contributed by atoms with Gasteiger partial charge in [0, 0.05) is 41.0 Å². The molecule has 1 atom stereocenters. The van der Waals surface area contributed by atoms with Gasteiger partial charge < -0.3 is 10.1 Å². The second-order valence-electron chi connectivity index (χ2n) is 9.46. The summed E-state index contributed by atoms with van der Waals surface area (Å²) in [6.07, 6.45) is 8.47. The molecule has 34 heavy (non-hydrogen) atoms. The maximum absolute atomic E-state index is 13.3. The van der Waals surface area contributed by atoms with Crippen LogP contribution < -0.4 is 10.1 Å². The fraction of sp³-hybridized carbons (Fsp3) is 0.630. The number of rotatable bonds is 13. The number of carbonyl (C=O) groups is 1. The van der Waals surface area contributed by atoms with Crippen LogP contribution in [-0.2, 0) is 13.0 Å². The third-order valence-electron chi connectivity index (χ3n) is 6.91. The second kappa shape index (κ2) is 13.5. The molecule has 0 saturated heterocycles. The maximum Gasteiger partial charge on any atom is 0.272 e. The van der Waals surface area contributed by atoms with E-state index in [1.165, 1.54) is 19.3 Å². The lowest BCUT2D eigenvalue weighted by Gasteiger charge is -2.16. The molecule has 1 aliphatic heterocycles. The van der Waals surface area contributed by atoms with Crippen LogP contribution in [0.4, 0.5) is 0 Å². The number of aryl methyl sites for hydroxylation is 1. The molecule has 0 saturated carbocycles. The zero-order valence-corrected chi connectivity index (χ0v) is 23.2. The van der Waals surface area contributed by atoms with Crippen molar-refractivity contribution in [2.24, 2.45) is 11.8 Å². The number of unbranched alkanes of at least 4 members (excludes halogenated alkanes) is 2. The van der Waals surface area contributed by atoms with Crippen molar-refractivity contribution in [2.45, 2.75) is 78.7 Å². The van der Waals surface area contributed by atoms with Crippen LogP contribution in [0.25, 0.3) is 11.3 Å². The van der Waals surface area contributed by atoms with E-state index in [1.807, 2.05) is 16.8 Å². The van der Waals surface area contributed by atoms with Gasteiger partial charge in [-0.2, -0.15) is 5.10 Å². The minimum Gasteiger partial charge on any atom is -0.492 e. The Labute approximate surface area is 218 Å². The van der Waals surface area contributed by atoms with Crippen LogP contribution >= 0.6 is 27.5 Å². The molecule has 3 rings (SSSR count). The van der Waals surface area contributed by atoms with E-state index in [-0.39, 0.29) is 5.91 Å². The lowest BCUT2D eigenvalue weighted by Crippen LogP contribution is -2.29. The Morgan fingerprint density at radius 1 is 1.24 bits per heavy atom. The van der Waals surface area contributed by atoms with Crippen LogP contribution in [0.3, 0.4) is 0 Å². The average Bonchev–Trinajstić information content (AvgIpc) is 3.08. The molecule has 1 aromatic carbocycles. The molecule has 1 aromatic heterocycles. The Hall–Kier alpha value is -1.53. The summed E-state index contributed by atoms with van der Waals surface area (Å²) in [5.74, 6) is 2.65. The highest BCUT2D eigenvalue weighted by atomic mass is 79.9. The molecule has 1 amide bonds. The predicted molar refractivity (Wildman–Crippen MR) is 144 cm³/mol. The van der Waals surface area contributed by atoms with Crippen molar-refractivity contribution in [3.8, 4) is 17.0 Å². The number of benzene rings is 1. The lowest BCUT2D eigenvalue weighted by atomic mass is 9.93. The molecule has 5 nitrogen and oxygen atoms in total. The Morgan fingerprint density at radius 3 is 2.76 bits per heavy atom. The summed E-state index contributed by atoms with van der Waals surface area (Å²) in [6.45, 7) is 8.71. The van der Waals surface area contributed by atoms with Gasteiger partial charge in [0.15, 0.2) is 5.69 Å². The van der Waals surface area contributed by atoms with Gasteiger partial charge in [0.2, 0.25) is 0 Å².